The van der Waals surface area contributed by atoms with Crippen LogP contribution < -0.4 is 0 Å². The van der Waals surface area contributed by atoms with Gasteiger partial charge in [-0.25, -0.2) is 0 Å². The molecule has 22 fully saturated rings. The molecule has 0 aromatic rings. The summed E-state index contributed by atoms with van der Waals surface area (Å²) in [7, 11) is 3.71. The summed E-state index contributed by atoms with van der Waals surface area (Å²) in [6, 6.07) is 0. The molecule has 69 heavy (non-hydrogen) atoms. The summed E-state index contributed by atoms with van der Waals surface area (Å²) in [6.07, 6.45) is -55.3. The van der Waals surface area contributed by atoms with E-state index in [-0.39, 0.29) is 0 Å². The van der Waals surface area contributed by atoms with Crippen LogP contribution >= 0.6 is 0 Å². The van der Waals surface area contributed by atoms with Gasteiger partial charge in [0.1, 0.15) is 146 Å². The first-order valence-corrected chi connectivity index (χ1v) is 22.2. The number of methoxy groups -OCH3 is 3. The number of ether oxygens (including phenoxy) is 15. The van der Waals surface area contributed by atoms with Crippen molar-refractivity contribution in [3.8, 4) is 0 Å². The van der Waals surface area contributed by atoms with E-state index < -0.39 is 224 Å². The molecule has 0 amide bonds. The Bertz CT molecular complexity index is 1390. The van der Waals surface area contributed by atoms with Gasteiger partial charge >= 0.3 is 0 Å². The third kappa shape index (κ3) is 11.3. The molecular weight excluding hydrogens is 948 g/mol. The monoisotopic (exact) mass is 1010 g/mol. The molecule has 402 valence electrons. The minimum absolute atomic E-state index is 0.408. The molecular formula is C39H66O30. The summed E-state index contributed by atoms with van der Waals surface area (Å²) in [5.41, 5.74) is 0. The second-order valence-electron chi connectivity index (χ2n) is 17.7. The molecule has 22 rings (SSSR count). The van der Waals surface area contributed by atoms with Gasteiger partial charge in [0.25, 0.3) is 0 Å². The number of hydrogen-bond acceptors (Lipinski definition) is 30. The van der Waals surface area contributed by atoms with Crippen LogP contribution in [0.25, 0.3) is 0 Å². The van der Waals surface area contributed by atoms with Crippen LogP contribution in [0.3, 0.4) is 0 Å². The summed E-state index contributed by atoms with van der Waals surface area (Å²) >= 11 is 0. The van der Waals surface area contributed by atoms with Gasteiger partial charge in [0, 0.05) is 21.3 Å². The number of rotatable bonds is 9. The van der Waals surface area contributed by atoms with Crippen LogP contribution in [0.15, 0.2) is 0 Å². The Hall–Kier alpha value is -1.20. The Kier molecular flexibility index (Phi) is 19.3. The molecule has 0 saturated carbocycles. The Morgan fingerprint density at radius 1 is 0.246 bits per heavy atom. The van der Waals surface area contributed by atoms with Crippen LogP contribution in [0.4, 0.5) is 0 Å². The highest BCUT2D eigenvalue weighted by molar-refractivity contribution is 5.01. The van der Waals surface area contributed by atoms with E-state index in [9.17, 15) is 76.6 Å². The zero-order valence-corrected chi connectivity index (χ0v) is 37.4. The van der Waals surface area contributed by atoms with Crippen LogP contribution in [0.5, 0.6) is 0 Å². The van der Waals surface area contributed by atoms with Gasteiger partial charge in [-0.15, -0.1) is 0 Å². The maximum Gasteiger partial charge on any atom is 0.187 e. The maximum atomic E-state index is 11.4. The van der Waals surface area contributed by atoms with E-state index in [1.807, 2.05) is 0 Å². The number of hydrogen-bond donors (Lipinski definition) is 15. The fourth-order valence-corrected chi connectivity index (χ4v) is 9.38. The molecule has 0 spiro atoms. The van der Waals surface area contributed by atoms with E-state index in [1.54, 1.807) is 0 Å². The van der Waals surface area contributed by atoms with Gasteiger partial charge < -0.3 is 148 Å². The predicted octanol–water partition coefficient (Wildman–Crippen LogP) is -11.1. The smallest absolute Gasteiger partial charge is 0.187 e. The minimum atomic E-state index is -2.08. The van der Waals surface area contributed by atoms with Crippen molar-refractivity contribution < 1.29 is 148 Å². The van der Waals surface area contributed by atoms with E-state index >= 15 is 0 Å². The Labute approximate surface area is 392 Å². The Morgan fingerprint density at radius 3 is 0.565 bits per heavy atom. The van der Waals surface area contributed by atoms with E-state index in [0.717, 1.165) is 0 Å². The lowest BCUT2D eigenvalue weighted by Crippen LogP contribution is -2.69. The lowest BCUT2D eigenvalue weighted by atomic mass is 9.94. The molecule has 22 heterocycles. The van der Waals surface area contributed by atoms with Crippen molar-refractivity contribution in [2.75, 3.05) is 61.0 Å². The van der Waals surface area contributed by atoms with Gasteiger partial charge in [-0.05, 0) is 0 Å². The number of aliphatic hydroxyl groups is 15. The molecule has 0 aliphatic carbocycles. The van der Waals surface area contributed by atoms with E-state index in [4.69, 9.17) is 71.1 Å². The Morgan fingerprint density at radius 2 is 0.406 bits per heavy atom. The van der Waals surface area contributed by atoms with Gasteiger partial charge in [-0.1, -0.05) is 0 Å². The molecule has 0 radical (unpaired) electrons. The largest absolute Gasteiger partial charge is 0.394 e. The first-order valence-electron chi connectivity index (χ1n) is 22.2. The van der Waals surface area contributed by atoms with Crippen LogP contribution in [-0.4, -0.2) is 322 Å². The van der Waals surface area contributed by atoms with E-state index in [1.165, 1.54) is 21.3 Å². The summed E-state index contributed by atoms with van der Waals surface area (Å²) < 4.78 is 85.8. The molecule has 15 N–H and O–H groups in total. The summed E-state index contributed by atoms with van der Waals surface area (Å²) in [4.78, 5) is 0. The maximum absolute atomic E-state index is 11.4. The zero-order valence-electron chi connectivity index (χ0n) is 37.4. The average molecular weight is 1010 g/mol. The number of aliphatic hydroxyl groups excluding tert-OH is 15. The fourth-order valence-electron chi connectivity index (χ4n) is 9.38. The summed E-state index contributed by atoms with van der Waals surface area (Å²) in [5.74, 6) is 0. The summed E-state index contributed by atoms with van der Waals surface area (Å²) in [6.45, 7) is -4.05. The van der Waals surface area contributed by atoms with Crippen LogP contribution in [0, 0.1) is 0 Å². The second kappa shape index (κ2) is 24.0. The highest BCUT2D eigenvalue weighted by Gasteiger charge is 2.58. The van der Waals surface area contributed by atoms with Crippen molar-refractivity contribution in [1.82, 2.24) is 0 Å². The minimum Gasteiger partial charge on any atom is -0.394 e. The van der Waals surface area contributed by atoms with Crippen LogP contribution in [-0.2, 0) is 71.1 Å². The highest BCUT2D eigenvalue weighted by Crippen LogP contribution is 2.38. The predicted molar refractivity (Wildman–Crippen MR) is 210 cm³/mol. The zero-order chi connectivity index (χ0) is 50.2. The molecule has 0 aromatic carbocycles. The average Bonchev–Trinajstić information content (AvgIpc) is 3.33. The van der Waals surface area contributed by atoms with Crippen molar-refractivity contribution in [2.24, 2.45) is 0 Å². The highest BCUT2D eigenvalue weighted by atomic mass is 16.8. The Balaban J connectivity index is 1.21. The standard InChI is InChI=1S/C39H66O30/c1-55-7-13-31-19(46)25(52)37(61-13)64-28-10(4-40)59-35(23(50)17(28)44)68-32-14(8-56-2)63-39(27(54)21(32)48)66-30-12(6-42)60-36(24(51)18(30)45)69-33-15(9-57-3)62-38(26(53)20(33)47)65-29-11(5-41)58-34(67-31)22(49)16(29)43/h10-54H,4-9H2,1-3H3. The van der Waals surface area contributed by atoms with Gasteiger partial charge in [0.2, 0.25) is 0 Å². The second-order valence-corrected chi connectivity index (χ2v) is 17.7. The normalized spacial score (nSPS) is 53.5. The molecule has 30 heteroatoms. The lowest BCUT2D eigenvalue weighted by Gasteiger charge is -2.50. The molecule has 30 unspecified atom stereocenters. The molecule has 22 aliphatic rings. The van der Waals surface area contributed by atoms with Gasteiger partial charge in [0.15, 0.2) is 37.7 Å². The van der Waals surface area contributed by atoms with E-state index in [2.05, 4.69) is 0 Å². The fraction of sp³-hybridized carbons (Fsp3) is 1.00. The van der Waals surface area contributed by atoms with Crippen molar-refractivity contribution >= 4 is 0 Å². The first kappa shape index (κ1) is 55.5. The molecule has 30 atom stereocenters. The lowest BCUT2D eigenvalue weighted by molar-refractivity contribution is -0.404. The quantitative estimate of drug-likeness (QED) is 0.102. The van der Waals surface area contributed by atoms with Crippen molar-refractivity contribution in [1.29, 1.82) is 0 Å². The molecule has 12 bridgehead atoms. The van der Waals surface area contributed by atoms with E-state index in [0.29, 0.717) is 0 Å². The van der Waals surface area contributed by atoms with Gasteiger partial charge in [0.05, 0.1) is 39.6 Å². The SMILES string of the molecule is COCC1OC2OC3C(CO)OC(OC4C(COC)OC(OC5C(CO)OC(OC6C(COC)OC(OC7C(CO)OC(OC1C(O)C2O)C(O)C7O)C(O)C6O)C(O)C5O)C(O)C4O)C(O)C3O. The third-order valence-corrected chi connectivity index (χ3v) is 13.1. The topological polar surface area (TPSA) is 442 Å². The molecule has 30 nitrogen and oxygen atoms in total. The van der Waals surface area contributed by atoms with Crippen LogP contribution in [0.2, 0.25) is 0 Å². The van der Waals surface area contributed by atoms with Gasteiger partial charge in [-0.2, -0.15) is 0 Å². The van der Waals surface area contributed by atoms with Gasteiger partial charge in [-0.3, -0.25) is 0 Å². The first-order chi connectivity index (χ1) is 32.9. The molecule has 0 aromatic heterocycles. The molecule has 22 aliphatic heterocycles. The third-order valence-electron chi connectivity index (χ3n) is 13.1. The van der Waals surface area contributed by atoms with Crippen molar-refractivity contribution in [3.63, 3.8) is 0 Å². The van der Waals surface area contributed by atoms with Crippen LogP contribution in [0.1, 0.15) is 0 Å². The summed E-state index contributed by atoms with van der Waals surface area (Å²) in [5, 5.41) is 167. The van der Waals surface area contributed by atoms with Crippen molar-refractivity contribution in [2.45, 2.75) is 184 Å². The molecule has 22 saturated heterocycles. The van der Waals surface area contributed by atoms with Crippen molar-refractivity contribution in [3.05, 3.63) is 0 Å².